The van der Waals surface area contributed by atoms with Crippen molar-refractivity contribution < 1.29 is 4.79 Å². The van der Waals surface area contributed by atoms with E-state index in [1.54, 1.807) is 28.2 Å². The molecule has 1 fully saturated rings. The molecule has 0 spiro atoms. The summed E-state index contributed by atoms with van der Waals surface area (Å²) in [5, 5.41) is 9.45. The van der Waals surface area contributed by atoms with Crippen LogP contribution in [-0.2, 0) is 11.3 Å². The molecule has 0 aliphatic carbocycles. The van der Waals surface area contributed by atoms with Gasteiger partial charge in [-0.2, -0.15) is 0 Å². The number of hydrogen-bond acceptors (Lipinski definition) is 5. The first-order valence-corrected chi connectivity index (χ1v) is 11.3. The number of carbonyl (C=O) groups is 1. The Hall–Kier alpha value is -3.32. The molecule has 4 aromatic rings. The van der Waals surface area contributed by atoms with Crippen LogP contribution in [0.4, 0.5) is 0 Å². The number of piperidine rings is 1. The van der Waals surface area contributed by atoms with E-state index in [1.807, 2.05) is 41.4 Å². The van der Waals surface area contributed by atoms with Gasteiger partial charge >= 0.3 is 0 Å². The highest BCUT2D eigenvalue weighted by Gasteiger charge is 2.26. The van der Waals surface area contributed by atoms with Gasteiger partial charge in [0.05, 0.1) is 28.0 Å². The Balaban J connectivity index is 1.22. The lowest BCUT2D eigenvalue weighted by Gasteiger charge is -2.31. The Morgan fingerprint density at radius 1 is 1.13 bits per heavy atom. The van der Waals surface area contributed by atoms with Crippen molar-refractivity contribution in [1.82, 2.24) is 24.9 Å². The summed E-state index contributed by atoms with van der Waals surface area (Å²) in [7, 11) is 0. The SMILES string of the molecule is O=C(/C=C/c1cn(Cc2ccccc2)nn1)N1CCCC(c2nc3ccccc3s2)C1. The highest BCUT2D eigenvalue weighted by atomic mass is 32.1. The van der Waals surface area contributed by atoms with Gasteiger partial charge in [-0.25, -0.2) is 9.67 Å². The zero-order chi connectivity index (χ0) is 21.0. The lowest BCUT2D eigenvalue weighted by Crippen LogP contribution is -2.38. The molecule has 31 heavy (non-hydrogen) atoms. The zero-order valence-electron chi connectivity index (χ0n) is 17.1. The van der Waals surface area contributed by atoms with Crippen LogP contribution in [0.2, 0.25) is 0 Å². The van der Waals surface area contributed by atoms with E-state index in [2.05, 4.69) is 34.6 Å². The number of carbonyl (C=O) groups excluding carboxylic acids is 1. The Kier molecular flexibility index (Phi) is 5.58. The topological polar surface area (TPSA) is 63.9 Å². The fourth-order valence-electron chi connectivity index (χ4n) is 3.94. The lowest BCUT2D eigenvalue weighted by atomic mass is 9.98. The monoisotopic (exact) mass is 429 g/mol. The van der Waals surface area contributed by atoms with Crippen LogP contribution in [0.25, 0.3) is 16.3 Å². The first-order valence-electron chi connectivity index (χ1n) is 10.5. The van der Waals surface area contributed by atoms with Crippen molar-refractivity contribution >= 4 is 33.5 Å². The normalized spacial score (nSPS) is 16.9. The van der Waals surface area contributed by atoms with Crippen molar-refractivity contribution in [2.75, 3.05) is 13.1 Å². The van der Waals surface area contributed by atoms with Gasteiger partial charge in [-0.3, -0.25) is 4.79 Å². The molecule has 0 radical (unpaired) electrons. The first-order chi connectivity index (χ1) is 15.2. The Bertz CT molecular complexity index is 1180. The Morgan fingerprint density at radius 3 is 2.84 bits per heavy atom. The number of likely N-dealkylation sites (tertiary alicyclic amines) is 1. The quantitative estimate of drug-likeness (QED) is 0.442. The number of nitrogens with zero attached hydrogens (tertiary/aromatic N) is 5. The second-order valence-corrected chi connectivity index (χ2v) is 8.87. The van der Waals surface area contributed by atoms with Crippen molar-refractivity contribution in [3.8, 4) is 0 Å². The molecule has 0 saturated carbocycles. The molecule has 2 aromatic heterocycles. The maximum absolute atomic E-state index is 12.8. The number of rotatable bonds is 5. The van der Waals surface area contributed by atoms with Gasteiger partial charge in [-0.15, -0.1) is 16.4 Å². The molecule has 3 heterocycles. The van der Waals surface area contributed by atoms with Gasteiger partial charge in [0.1, 0.15) is 5.69 Å². The minimum absolute atomic E-state index is 0.0171. The third kappa shape index (κ3) is 4.56. The van der Waals surface area contributed by atoms with Crippen LogP contribution in [0, 0.1) is 0 Å². The van der Waals surface area contributed by atoms with E-state index in [-0.39, 0.29) is 5.91 Å². The molecule has 1 aliphatic heterocycles. The smallest absolute Gasteiger partial charge is 0.246 e. The minimum atomic E-state index is 0.0171. The number of benzene rings is 2. The molecule has 2 aromatic carbocycles. The third-order valence-corrected chi connectivity index (χ3v) is 6.73. The van der Waals surface area contributed by atoms with Gasteiger partial charge in [0.2, 0.25) is 5.91 Å². The van der Waals surface area contributed by atoms with E-state index in [1.165, 1.54) is 4.70 Å². The summed E-state index contributed by atoms with van der Waals surface area (Å²) in [6.07, 6.45) is 7.28. The van der Waals surface area contributed by atoms with Gasteiger partial charge in [0.25, 0.3) is 0 Å². The predicted octanol–water partition coefficient (Wildman–Crippen LogP) is 4.36. The fourth-order valence-corrected chi connectivity index (χ4v) is 5.04. The summed E-state index contributed by atoms with van der Waals surface area (Å²) in [4.78, 5) is 19.5. The molecule has 1 saturated heterocycles. The molecule has 6 nitrogen and oxygen atoms in total. The molecular weight excluding hydrogens is 406 g/mol. The molecule has 156 valence electrons. The maximum atomic E-state index is 12.8. The summed E-state index contributed by atoms with van der Waals surface area (Å²) in [6, 6.07) is 18.3. The average molecular weight is 430 g/mol. The van der Waals surface area contributed by atoms with Crippen molar-refractivity contribution in [2.45, 2.75) is 25.3 Å². The van der Waals surface area contributed by atoms with E-state index in [0.29, 0.717) is 24.7 Å². The summed E-state index contributed by atoms with van der Waals surface area (Å²) < 4.78 is 2.99. The van der Waals surface area contributed by atoms with Gasteiger partial charge in [0, 0.05) is 25.1 Å². The van der Waals surface area contributed by atoms with Crippen LogP contribution in [0.15, 0.2) is 66.9 Å². The summed E-state index contributed by atoms with van der Waals surface area (Å²) in [5.74, 6) is 0.318. The molecule has 5 rings (SSSR count). The van der Waals surface area contributed by atoms with Crippen LogP contribution in [-0.4, -0.2) is 43.9 Å². The van der Waals surface area contributed by atoms with Gasteiger partial charge in [0.15, 0.2) is 0 Å². The number of amides is 1. The maximum Gasteiger partial charge on any atom is 0.246 e. The Labute approximate surface area is 184 Å². The fraction of sp³-hybridized carbons (Fsp3) is 0.250. The molecule has 0 N–H and O–H groups in total. The van der Waals surface area contributed by atoms with Crippen molar-refractivity contribution in [1.29, 1.82) is 0 Å². The van der Waals surface area contributed by atoms with Gasteiger partial charge < -0.3 is 4.90 Å². The largest absolute Gasteiger partial charge is 0.338 e. The number of thiazole rings is 1. The number of aromatic nitrogens is 4. The highest BCUT2D eigenvalue weighted by molar-refractivity contribution is 7.18. The van der Waals surface area contributed by atoms with Gasteiger partial charge in [-0.05, 0) is 36.6 Å². The molecule has 1 atom stereocenters. The van der Waals surface area contributed by atoms with E-state index in [4.69, 9.17) is 4.98 Å². The molecule has 1 unspecified atom stereocenters. The minimum Gasteiger partial charge on any atom is -0.338 e. The van der Waals surface area contributed by atoms with Crippen LogP contribution in [0.5, 0.6) is 0 Å². The number of fused-ring (bicyclic) bond motifs is 1. The van der Waals surface area contributed by atoms with Crippen LogP contribution < -0.4 is 0 Å². The molecule has 0 bridgehead atoms. The average Bonchev–Trinajstić information content (AvgIpc) is 3.45. The summed E-state index contributed by atoms with van der Waals surface area (Å²) in [5.41, 5.74) is 2.89. The van der Waals surface area contributed by atoms with E-state index in [9.17, 15) is 4.79 Å². The van der Waals surface area contributed by atoms with Crippen LogP contribution in [0.3, 0.4) is 0 Å². The molecule has 1 aliphatic rings. The third-order valence-electron chi connectivity index (χ3n) is 5.53. The number of hydrogen-bond donors (Lipinski definition) is 0. The zero-order valence-corrected chi connectivity index (χ0v) is 17.9. The lowest BCUT2D eigenvalue weighted by molar-refractivity contribution is -0.127. The Morgan fingerprint density at radius 2 is 1.97 bits per heavy atom. The predicted molar refractivity (Wildman–Crippen MR) is 123 cm³/mol. The highest BCUT2D eigenvalue weighted by Crippen LogP contribution is 2.33. The van der Waals surface area contributed by atoms with Crippen molar-refractivity contribution in [3.05, 3.63) is 83.1 Å². The van der Waals surface area contributed by atoms with Crippen molar-refractivity contribution in [3.63, 3.8) is 0 Å². The first kappa shape index (κ1) is 19.6. The van der Waals surface area contributed by atoms with Crippen molar-refractivity contribution in [2.24, 2.45) is 0 Å². The van der Waals surface area contributed by atoms with E-state index >= 15 is 0 Å². The van der Waals surface area contributed by atoms with E-state index in [0.717, 1.165) is 35.5 Å². The van der Waals surface area contributed by atoms with Crippen LogP contribution >= 0.6 is 11.3 Å². The molecular formula is C24H23N5OS. The summed E-state index contributed by atoms with van der Waals surface area (Å²) >= 11 is 1.74. The van der Waals surface area contributed by atoms with E-state index < -0.39 is 0 Å². The molecule has 1 amide bonds. The second-order valence-electron chi connectivity index (χ2n) is 7.80. The number of para-hydroxylation sites is 1. The second kappa shape index (κ2) is 8.81. The van der Waals surface area contributed by atoms with Crippen LogP contribution in [0.1, 0.15) is 35.0 Å². The van der Waals surface area contributed by atoms with Gasteiger partial charge in [-0.1, -0.05) is 47.7 Å². The standard InChI is InChI=1S/C24H23N5OS/c30-23(13-12-20-17-29(27-26-20)15-18-7-2-1-3-8-18)28-14-6-9-19(16-28)24-25-21-10-4-5-11-22(21)31-24/h1-5,7-8,10-13,17,19H,6,9,14-16H2/b13-12+. The molecule has 7 heteroatoms. The summed E-state index contributed by atoms with van der Waals surface area (Å²) in [6.45, 7) is 2.15.